The molecule has 1 aliphatic rings. The van der Waals surface area contributed by atoms with Gasteiger partial charge in [0.2, 0.25) is 5.91 Å². The van der Waals surface area contributed by atoms with E-state index in [9.17, 15) is 34.5 Å². The summed E-state index contributed by atoms with van der Waals surface area (Å²) < 4.78 is 0. The van der Waals surface area contributed by atoms with Crippen molar-refractivity contribution in [1.29, 1.82) is 0 Å². The van der Waals surface area contributed by atoms with E-state index in [1.54, 1.807) is 48.5 Å². The molecule has 0 heterocycles. The fourth-order valence-electron chi connectivity index (χ4n) is 6.03. The number of phenols is 1. The van der Waals surface area contributed by atoms with Crippen LogP contribution in [0.4, 0.5) is 5.69 Å². The molecule has 0 saturated carbocycles. The fraction of sp³-hybridized carbons (Fsp3) is 0.200. The van der Waals surface area contributed by atoms with Crippen LogP contribution in [0.5, 0.6) is 5.75 Å². The van der Waals surface area contributed by atoms with Gasteiger partial charge in [0, 0.05) is 30.4 Å². The van der Waals surface area contributed by atoms with Crippen molar-refractivity contribution in [3.05, 3.63) is 118 Å². The van der Waals surface area contributed by atoms with Crippen LogP contribution < -0.4 is 10.6 Å². The normalized spacial score (nSPS) is 13.3. The first-order valence-corrected chi connectivity index (χ1v) is 14.8. The highest BCUT2D eigenvalue weighted by atomic mass is 35.5. The molecular formula is C35H31ClN2O7. The second-order valence-corrected chi connectivity index (χ2v) is 11.4. The Labute approximate surface area is 264 Å². The Bertz CT molecular complexity index is 1750. The molecular weight excluding hydrogens is 596 g/mol. The number of nitrogens with one attached hydrogen (secondary N) is 2. The molecule has 0 fully saturated rings. The smallest absolute Gasteiger partial charge is 0.303 e. The van der Waals surface area contributed by atoms with Crippen LogP contribution in [0, 0.1) is 0 Å². The van der Waals surface area contributed by atoms with Gasteiger partial charge in [-0.3, -0.25) is 19.2 Å². The molecule has 0 radical (unpaired) electrons. The van der Waals surface area contributed by atoms with Crippen LogP contribution in [0.25, 0.3) is 11.1 Å². The van der Waals surface area contributed by atoms with Crippen LogP contribution in [-0.2, 0) is 26.2 Å². The molecule has 4 aromatic rings. The zero-order chi connectivity index (χ0) is 32.1. The first kappa shape index (κ1) is 31.3. The number of benzene rings is 4. The SMILES string of the molecule is O=C(O)CCC1(CCC(=O)O)c2ccccc2-c2ccc(NC(=O)C(Cc3ccc(O)cc3)NC(=O)c3ccccc3Cl)cc21. The fourth-order valence-corrected chi connectivity index (χ4v) is 6.25. The summed E-state index contributed by atoms with van der Waals surface area (Å²) in [4.78, 5) is 50.4. The van der Waals surface area contributed by atoms with Gasteiger partial charge in [-0.15, -0.1) is 0 Å². The molecule has 2 amide bonds. The van der Waals surface area contributed by atoms with Crippen molar-refractivity contribution in [1.82, 2.24) is 5.32 Å². The molecule has 5 N–H and O–H groups in total. The van der Waals surface area contributed by atoms with E-state index in [1.165, 1.54) is 12.1 Å². The maximum absolute atomic E-state index is 13.8. The predicted octanol–water partition coefficient (Wildman–Crippen LogP) is 6.02. The van der Waals surface area contributed by atoms with Gasteiger partial charge in [-0.2, -0.15) is 0 Å². The zero-order valence-electron chi connectivity index (χ0n) is 24.1. The Hall–Kier alpha value is -5.15. The molecule has 0 aliphatic heterocycles. The van der Waals surface area contributed by atoms with Crippen LogP contribution in [0.15, 0.2) is 91.0 Å². The Balaban J connectivity index is 1.49. The molecule has 45 heavy (non-hydrogen) atoms. The summed E-state index contributed by atoms with van der Waals surface area (Å²) in [7, 11) is 0. The number of hydrogen-bond acceptors (Lipinski definition) is 5. The van der Waals surface area contributed by atoms with Gasteiger partial charge in [0.25, 0.3) is 5.91 Å². The first-order valence-electron chi connectivity index (χ1n) is 14.4. The molecule has 1 aliphatic carbocycles. The first-order chi connectivity index (χ1) is 21.6. The summed E-state index contributed by atoms with van der Waals surface area (Å²) in [5.74, 6) is -2.97. The van der Waals surface area contributed by atoms with Crippen molar-refractivity contribution < 1.29 is 34.5 Å². The highest BCUT2D eigenvalue weighted by Gasteiger charge is 2.43. The average Bonchev–Trinajstić information content (AvgIpc) is 3.29. The summed E-state index contributed by atoms with van der Waals surface area (Å²) in [5.41, 5.74) is 3.72. The third kappa shape index (κ3) is 6.84. The van der Waals surface area contributed by atoms with E-state index >= 15 is 0 Å². The monoisotopic (exact) mass is 626 g/mol. The van der Waals surface area contributed by atoms with Gasteiger partial charge in [-0.1, -0.05) is 66.2 Å². The minimum absolute atomic E-state index is 0.0632. The van der Waals surface area contributed by atoms with Crippen LogP contribution in [0.2, 0.25) is 5.02 Å². The third-order valence-electron chi connectivity index (χ3n) is 8.18. The van der Waals surface area contributed by atoms with E-state index in [0.717, 1.165) is 22.3 Å². The number of aliphatic carboxylic acids is 2. The average molecular weight is 627 g/mol. The quantitative estimate of drug-likeness (QED) is 0.129. The number of fused-ring (bicyclic) bond motifs is 3. The molecule has 230 valence electrons. The largest absolute Gasteiger partial charge is 0.508 e. The van der Waals surface area contributed by atoms with Crippen molar-refractivity contribution in [2.45, 2.75) is 43.6 Å². The lowest BCUT2D eigenvalue weighted by Gasteiger charge is -2.32. The Morgan fingerprint density at radius 3 is 2.04 bits per heavy atom. The van der Waals surface area contributed by atoms with Gasteiger partial charge >= 0.3 is 11.9 Å². The molecule has 9 nitrogen and oxygen atoms in total. The Kier molecular flexibility index (Phi) is 9.20. The van der Waals surface area contributed by atoms with E-state index in [1.807, 2.05) is 30.3 Å². The second-order valence-electron chi connectivity index (χ2n) is 11.0. The molecule has 0 aromatic heterocycles. The second kappa shape index (κ2) is 13.2. The van der Waals surface area contributed by atoms with Gasteiger partial charge in [-0.05, 0) is 77.1 Å². The summed E-state index contributed by atoms with van der Waals surface area (Å²) in [6, 6.07) is 24.6. The lowest BCUT2D eigenvalue weighted by Crippen LogP contribution is -2.45. The van der Waals surface area contributed by atoms with Crippen LogP contribution >= 0.6 is 11.6 Å². The topological polar surface area (TPSA) is 153 Å². The summed E-state index contributed by atoms with van der Waals surface area (Å²) in [6.45, 7) is 0. The van der Waals surface area contributed by atoms with E-state index in [4.69, 9.17) is 11.6 Å². The summed E-state index contributed by atoms with van der Waals surface area (Å²) in [5, 5.41) is 34.8. The van der Waals surface area contributed by atoms with E-state index in [0.29, 0.717) is 11.3 Å². The third-order valence-corrected chi connectivity index (χ3v) is 8.51. The number of rotatable bonds is 12. The number of phenolic OH excluding ortho intramolecular Hbond substituents is 1. The lowest BCUT2D eigenvalue weighted by atomic mass is 9.71. The Morgan fingerprint density at radius 1 is 0.756 bits per heavy atom. The minimum Gasteiger partial charge on any atom is -0.508 e. The van der Waals surface area contributed by atoms with Crippen molar-refractivity contribution in [3.8, 4) is 16.9 Å². The number of carboxylic acids is 2. The summed E-state index contributed by atoms with van der Waals surface area (Å²) >= 11 is 6.24. The van der Waals surface area contributed by atoms with Crippen molar-refractivity contribution in [3.63, 3.8) is 0 Å². The number of aromatic hydroxyl groups is 1. The van der Waals surface area contributed by atoms with Gasteiger partial charge < -0.3 is 26.0 Å². The minimum atomic E-state index is -1.03. The Morgan fingerprint density at radius 2 is 1.38 bits per heavy atom. The van der Waals surface area contributed by atoms with Crippen molar-refractivity contribution in [2.75, 3.05) is 5.32 Å². The number of hydrogen-bond donors (Lipinski definition) is 5. The molecule has 5 rings (SSSR count). The molecule has 0 bridgehead atoms. The maximum atomic E-state index is 13.8. The summed E-state index contributed by atoms with van der Waals surface area (Å²) in [6.07, 6.45) is 0.113. The predicted molar refractivity (Wildman–Crippen MR) is 170 cm³/mol. The highest BCUT2D eigenvalue weighted by Crippen LogP contribution is 2.54. The molecule has 0 saturated heterocycles. The number of amides is 2. The molecule has 1 atom stereocenters. The molecule has 1 unspecified atom stereocenters. The van der Waals surface area contributed by atoms with E-state index in [2.05, 4.69) is 10.6 Å². The number of halogens is 1. The van der Waals surface area contributed by atoms with Gasteiger partial charge in [0.15, 0.2) is 0 Å². The maximum Gasteiger partial charge on any atom is 0.303 e. The van der Waals surface area contributed by atoms with Crippen LogP contribution in [-0.4, -0.2) is 45.1 Å². The van der Waals surface area contributed by atoms with Crippen LogP contribution in [0.1, 0.15) is 52.7 Å². The van der Waals surface area contributed by atoms with Gasteiger partial charge in [0.05, 0.1) is 10.6 Å². The lowest BCUT2D eigenvalue weighted by molar-refractivity contribution is -0.137. The van der Waals surface area contributed by atoms with E-state index in [-0.39, 0.29) is 48.4 Å². The highest BCUT2D eigenvalue weighted by molar-refractivity contribution is 6.33. The number of carbonyl (C=O) groups excluding carboxylic acids is 2. The van der Waals surface area contributed by atoms with Crippen molar-refractivity contribution in [2.24, 2.45) is 0 Å². The van der Waals surface area contributed by atoms with Gasteiger partial charge in [0.1, 0.15) is 11.8 Å². The van der Waals surface area contributed by atoms with Crippen molar-refractivity contribution >= 4 is 41.0 Å². The number of carbonyl (C=O) groups is 4. The number of anilines is 1. The van der Waals surface area contributed by atoms with Crippen LogP contribution in [0.3, 0.4) is 0 Å². The van der Waals surface area contributed by atoms with E-state index < -0.39 is 35.2 Å². The molecule has 10 heteroatoms. The zero-order valence-corrected chi connectivity index (χ0v) is 24.9. The van der Waals surface area contributed by atoms with Gasteiger partial charge in [-0.25, -0.2) is 0 Å². The standard InChI is InChI=1S/C35H31ClN2O7/c36-29-8-4-2-6-26(29)33(44)38-30(19-21-9-12-23(39)13-10-21)34(45)37-22-11-14-25-24-5-1-3-7-27(24)35(28(25)20-22,17-15-31(40)41)18-16-32(42)43/h1-14,20,30,39H,15-19H2,(H,37,45)(H,38,44)(H,40,41)(H,42,43). The number of carboxylic acid groups (broad SMARTS) is 2. The molecule has 4 aromatic carbocycles. The molecule has 0 spiro atoms.